The monoisotopic (exact) mass is 332 g/mol. The third-order valence-electron chi connectivity index (χ3n) is 3.07. The van der Waals surface area contributed by atoms with E-state index in [1.54, 1.807) is 10.4 Å². The molecule has 0 amide bonds. The second kappa shape index (κ2) is 5.69. The number of benzene rings is 1. The molecule has 4 nitrogen and oxygen atoms in total. The lowest BCUT2D eigenvalue weighted by atomic mass is 10.2. The number of hydrogen-bond donors (Lipinski definition) is 1. The summed E-state index contributed by atoms with van der Waals surface area (Å²) in [4.78, 5) is 0.402. The number of aryl methyl sites for hydroxylation is 1. The highest BCUT2D eigenvalue weighted by Gasteiger charge is 2.26. The van der Waals surface area contributed by atoms with Crippen molar-refractivity contribution >= 4 is 26.0 Å². The smallest absolute Gasteiger partial charge is 0.243 e. The fourth-order valence-corrected chi connectivity index (χ4v) is 4.29. The van der Waals surface area contributed by atoms with Gasteiger partial charge in [0.1, 0.15) is 0 Å². The maximum absolute atomic E-state index is 12.6. The maximum atomic E-state index is 12.6. The zero-order chi connectivity index (χ0) is 13.2. The van der Waals surface area contributed by atoms with Crippen molar-refractivity contribution in [2.75, 3.05) is 26.2 Å². The van der Waals surface area contributed by atoms with E-state index in [4.69, 9.17) is 0 Å². The molecular formula is C12H17BrN2O2S. The highest BCUT2D eigenvalue weighted by atomic mass is 79.9. The molecular weight excluding hydrogens is 316 g/mol. The lowest BCUT2D eigenvalue weighted by molar-refractivity contribution is 0.431. The van der Waals surface area contributed by atoms with Gasteiger partial charge in [-0.15, -0.1) is 0 Å². The fraction of sp³-hybridized carbons (Fsp3) is 0.500. The van der Waals surface area contributed by atoms with Gasteiger partial charge in [0.25, 0.3) is 0 Å². The molecule has 1 aromatic carbocycles. The van der Waals surface area contributed by atoms with Gasteiger partial charge in [0.05, 0.1) is 4.90 Å². The van der Waals surface area contributed by atoms with Crippen molar-refractivity contribution in [1.29, 1.82) is 0 Å². The lowest BCUT2D eigenvalue weighted by Gasteiger charge is -2.20. The second-order valence-electron chi connectivity index (χ2n) is 4.42. The summed E-state index contributed by atoms with van der Waals surface area (Å²) >= 11 is 3.33. The van der Waals surface area contributed by atoms with Crippen LogP contribution < -0.4 is 5.32 Å². The van der Waals surface area contributed by atoms with Crippen LogP contribution in [0.1, 0.15) is 12.0 Å². The van der Waals surface area contributed by atoms with E-state index >= 15 is 0 Å². The van der Waals surface area contributed by atoms with Gasteiger partial charge in [0.15, 0.2) is 0 Å². The van der Waals surface area contributed by atoms with Gasteiger partial charge in [-0.25, -0.2) is 8.42 Å². The number of nitrogens with zero attached hydrogens (tertiary/aromatic N) is 1. The molecule has 1 fully saturated rings. The average molecular weight is 333 g/mol. The van der Waals surface area contributed by atoms with E-state index in [1.807, 2.05) is 19.1 Å². The van der Waals surface area contributed by atoms with Crippen molar-refractivity contribution in [3.05, 3.63) is 28.2 Å². The Morgan fingerprint density at radius 1 is 1.28 bits per heavy atom. The highest BCUT2D eigenvalue weighted by Crippen LogP contribution is 2.24. The first-order chi connectivity index (χ1) is 8.51. The third-order valence-corrected chi connectivity index (χ3v) is 5.60. The first kappa shape index (κ1) is 14.0. The zero-order valence-electron chi connectivity index (χ0n) is 10.3. The SMILES string of the molecule is Cc1ccc(Br)cc1S(=O)(=O)N1CCCNCC1. The van der Waals surface area contributed by atoms with Gasteiger partial charge in [0, 0.05) is 24.1 Å². The molecule has 0 aliphatic carbocycles. The second-order valence-corrected chi connectivity index (χ2v) is 7.24. The normalized spacial score (nSPS) is 18.6. The molecule has 1 aliphatic rings. The number of halogens is 1. The van der Waals surface area contributed by atoms with E-state index in [9.17, 15) is 8.42 Å². The molecule has 0 saturated carbocycles. The minimum absolute atomic E-state index is 0.402. The van der Waals surface area contributed by atoms with Crippen LogP contribution in [0.5, 0.6) is 0 Å². The van der Waals surface area contributed by atoms with Crippen LogP contribution in [-0.2, 0) is 10.0 Å². The molecule has 1 aromatic rings. The van der Waals surface area contributed by atoms with Crippen molar-refractivity contribution in [1.82, 2.24) is 9.62 Å². The van der Waals surface area contributed by atoms with Gasteiger partial charge in [-0.3, -0.25) is 0 Å². The maximum Gasteiger partial charge on any atom is 0.243 e. The summed E-state index contributed by atoms with van der Waals surface area (Å²) in [6.07, 6.45) is 0.853. The Morgan fingerprint density at radius 3 is 2.83 bits per heavy atom. The summed E-state index contributed by atoms with van der Waals surface area (Å²) in [5.74, 6) is 0. The van der Waals surface area contributed by atoms with Gasteiger partial charge in [-0.2, -0.15) is 4.31 Å². The standard InChI is InChI=1S/C12H17BrN2O2S/c1-10-3-4-11(13)9-12(10)18(16,17)15-7-2-5-14-6-8-15/h3-4,9,14H,2,5-8H2,1H3. The van der Waals surface area contributed by atoms with Crippen LogP contribution in [0.3, 0.4) is 0 Å². The lowest BCUT2D eigenvalue weighted by Crippen LogP contribution is -2.34. The van der Waals surface area contributed by atoms with E-state index < -0.39 is 10.0 Å². The van der Waals surface area contributed by atoms with Crippen LogP contribution in [-0.4, -0.2) is 38.9 Å². The topological polar surface area (TPSA) is 49.4 Å². The van der Waals surface area contributed by atoms with E-state index in [-0.39, 0.29) is 0 Å². The van der Waals surface area contributed by atoms with E-state index in [0.29, 0.717) is 24.5 Å². The first-order valence-corrected chi connectivity index (χ1v) is 8.22. The Labute approximate surface area is 117 Å². The van der Waals surface area contributed by atoms with Crippen molar-refractivity contribution in [2.24, 2.45) is 0 Å². The largest absolute Gasteiger partial charge is 0.315 e. The molecule has 100 valence electrons. The van der Waals surface area contributed by atoms with Gasteiger partial charge < -0.3 is 5.32 Å². The van der Waals surface area contributed by atoms with E-state index in [0.717, 1.165) is 23.0 Å². The molecule has 0 bridgehead atoms. The Bertz CT molecular complexity index is 523. The third kappa shape index (κ3) is 2.93. The predicted octanol–water partition coefficient (Wildman–Crippen LogP) is 1.74. The van der Waals surface area contributed by atoms with Crippen LogP contribution in [0.25, 0.3) is 0 Å². The van der Waals surface area contributed by atoms with Crippen LogP contribution in [0.2, 0.25) is 0 Å². The molecule has 0 unspecified atom stereocenters. The van der Waals surface area contributed by atoms with Gasteiger partial charge in [0.2, 0.25) is 10.0 Å². The fourth-order valence-electron chi connectivity index (χ4n) is 2.05. The van der Waals surface area contributed by atoms with Crippen LogP contribution >= 0.6 is 15.9 Å². The Balaban J connectivity index is 2.37. The van der Waals surface area contributed by atoms with Gasteiger partial charge in [-0.05, 0) is 37.6 Å². The molecule has 0 atom stereocenters. The summed E-state index contributed by atoms with van der Waals surface area (Å²) in [7, 11) is -3.38. The van der Waals surface area contributed by atoms with Crippen LogP contribution in [0.4, 0.5) is 0 Å². The number of hydrogen-bond acceptors (Lipinski definition) is 3. The summed E-state index contributed by atoms with van der Waals surface area (Å²) in [6, 6.07) is 5.37. The van der Waals surface area contributed by atoms with E-state index in [2.05, 4.69) is 21.2 Å². The van der Waals surface area contributed by atoms with Crippen molar-refractivity contribution in [2.45, 2.75) is 18.2 Å². The van der Waals surface area contributed by atoms with E-state index in [1.165, 1.54) is 0 Å². The number of nitrogens with one attached hydrogen (secondary N) is 1. The summed E-state index contributed by atoms with van der Waals surface area (Å²) in [6.45, 7) is 4.54. The highest BCUT2D eigenvalue weighted by molar-refractivity contribution is 9.10. The number of rotatable bonds is 2. The molecule has 1 heterocycles. The average Bonchev–Trinajstić information content (AvgIpc) is 2.61. The summed E-state index contributed by atoms with van der Waals surface area (Å²) < 4.78 is 27.5. The molecule has 0 aromatic heterocycles. The molecule has 1 aliphatic heterocycles. The molecule has 1 saturated heterocycles. The Morgan fingerprint density at radius 2 is 2.06 bits per heavy atom. The molecule has 6 heteroatoms. The van der Waals surface area contributed by atoms with Gasteiger partial charge in [-0.1, -0.05) is 22.0 Å². The zero-order valence-corrected chi connectivity index (χ0v) is 12.7. The number of sulfonamides is 1. The molecule has 0 spiro atoms. The van der Waals surface area contributed by atoms with Gasteiger partial charge >= 0.3 is 0 Å². The molecule has 2 rings (SSSR count). The van der Waals surface area contributed by atoms with Crippen LogP contribution in [0.15, 0.2) is 27.6 Å². The minimum atomic E-state index is -3.38. The Kier molecular flexibility index (Phi) is 4.42. The molecule has 0 radical (unpaired) electrons. The molecule has 18 heavy (non-hydrogen) atoms. The quantitative estimate of drug-likeness (QED) is 0.897. The van der Waals surface area contributed by atoms with Crippen molar-refractivity contribution in [3.63, 3.8) is 0 Å². The predicted molar refractivity (Wildman–Crippen MR) is 75.1 cm³/mol. The Hall–Kier alpha value is -0.430. The summed E-state index contributed by atoms with van der Waals surface area (Å²) in [5, 5.41) is 3.21. The van der Waals surface area contributed by atoms with Crippen LogP contribution in [0, 0.1) is 6.92 Å². The minimum Gasteiger partial charge on any atom is -0.315 e. The molecule has 1 N–H and O–H groups in total. The first-order valence-electron chi connectivity index (χ1n) is 5.99. The van der Waals surface area contributed by atoms with Crippen molar-refractivity contribution in [3.8, 4) is 0 Å². The van der Waals surface area contributed by atoms with Crippen molar-refractivity contribution < 1.29 is 8.42 Å². The summed E-state index contributed by atoms with van der Waals surface area (Å²) in [5.41, 5.74) is 0.787.